The zero-order valence-electron chi connectivity index (χ0n) is 14.8. The van der Waals surface area contributed by atoms with Crippen LogP contribution in [0.15, 0.2) is 22.7 Å². The predicted molar refractivity (Wildman–Crippen MR) is 93.5 cm³/mol. The van der Waals surface area contributed by atoms with Crippen molar-refractivity contribution in [2.75, 3.05) is 0 Å². The van der Waals surface area contributed by atoms with E-state index in [-0.39, 0.29) is 17.6 Å². The van der Waals surface area contributed by atoms with E-state index in [4.69, 9.17) is 0 Å². The van der Waals surface area contributed by atoms with E-state index in [1.807, 2.05) is 20.9 Å². The largest absolute Gasteiger partial charge is 0.477 e. The van der Waals surface area contributed by atoms with Gasteiger partial charge < -0.3 is 15.1 Å². The van der Waals surface area contributed by atoms with Gasteiger partial charge in [0, 0.05) is 43.1 Å². The highest BCUT2D eigenvalue weighted by molar-refractivity contribution is 8.02. The first-order valence-electron chi connectivity index (χ1n) is 8.29. The SMILES string of the molecule is Cc1cc(CSC2=C(C(=O)O)N3C(=O)[C@H]([C@@H](C)O)[C@H]3C2)cc(C)[n+]1C. The van der Waals surface area contributed by atoms with Crippen LogP contribution in [-0.4, -0.2) is 39.1 Å². The van der Waals surface area contributed by atoms with Crippen molar-refractivity contribution in [1.29, 1.82) is 0 Å². The second-order valence-electron chi connectivity index (χ2n) is 6.82. The zero-order chi connectivity index (χ0) is 18.5. The first kappa shape index (κ1) is 17.9. The first-order valence-corrected chi connectivity index (χ1v) is 9.27. The predicted octanol–water partition coefficient (Wildman–Crippen LogP) is 1.27. The molecule has 2 aliphatic rings. The molecule has 134 valence electrons. The Kier molecular flexibility index (Phi) is 4.64. The van der Waals surface area contributed by atoms with Gasteiger partial charge in [0.1, 0.15) is 12.7 Å². The molecule has 0 aliphatic carbocycles. The summed E-state index contributed by atoms with van der Waals surface area (Å²) in [6.45, 7) is 5.66. The Bertz CT molecular complexity index is 764. The number of carboxylic acids is 1. The number of amides is 1. The molecule has 6 nitrogen and oxygen atoms in total. The van der Waals surface area contributed by atoms with Gasteiger partial charge in [-0.05, 0) is 12.5 Å². The minimum Gasteiger partial charge on any atom is -0.477 e. The number of aliphatic hydroxyl groups is 1. The molecule has 0 unspecified atom stereocenters. The molecule has 7 heteroatoms. The second kappa shape index (κ2) is 6.46. The van der Waals surface area contributed by atoms with Crippen LogP contribution in [0.4, 0.5) is 0 Å². The summed E-state index contributed by atoms with van der Waals surface area (Å²) in [5.41, 5.74) is 3.50. The number of carbonyl (C=O) groups is 2. The minimum atomic E-state index is -1.07. The molecule has 2 aliphatic heterocycles. The normalized spacial score (nSPS) is 23.6. The summed E-state index contributed by atoms with van der Waals surface area (Å²) in [6, 6.07) is 3.96. The minimum absolute atomic E-state index is 0.0897. The molecule has 3 atom stereocenters. The van der Waals surface area contributed by atoms with E-state index in [1.165, 1.54) is 16.7 Å². The van der Waals surface area contributed by atoms with Crippen molar-refractivity contribution < 1.29 is 24.4 Å². The lowest BCUT2D eigenvalue weighted by atomic mass is 9.83. The van der Waals surface area contributed by atoms with Gasteiger partial charge in [0.05, 0.1) is 18.1 Å². The van der Waals surface area contributed by atoms with Crippen molar-refractivity contribution in [3.63, 3.8) is 0 Å². The Labute approximate surface area is 151 Å². The standard InChI is InChI=1S/C18H22N2O4S/c1-9-5-12(6-10(2)19(9)4)8-25-14-7-13-15(11(3)21)17(22)20(13)16(14)18(23)24/h5-6,11,13,15,21H,7-8H2,1-4H3/p+1/t11-,13-,15-/m1/s1. The number of fused-ring (bicyclic) bond motifs is 1. The topological polar surface area (TPSA) is 81.7 Å². The van der Waals surface area contributed by atoms with Crippen molar-refractivity contribution in [2.45, 2.75) is 45.1 Å². The summed E-state index contributed by atoms with van der Waals surface area (Å²) in [4.78, 5) is 25.9. The number of aliphatic carboxylic acids is 1. The second-order valence-corrected chi connectivity index (χ2v) is 7.89. The molecule has 1 amide bonds. The van der Waals surface area contributed by atoms with Gasteiger partial charge in [-0.2, -0.15) is 0 Å². The smallest absolute Gasteiger partial charge is 0.353 e. The van der Waals surface area contributed by atoms with Crippen LogP contribution in [0.3, 0.4) is 0 Å². The van der Waals surface area contributed by atoms with Gasteiger partial charge in [0.15, 0.2) is 11.4 Å². The fraction of sp³-hybridized carbons (Fsp3) is 0.500. The van der Waals surface area contributed by atoms with Gasteiger partial charge in [-0.1, -0.05) is 0 Å². The fourth-order valence-electron chi connectivity index (χ4n) is 3.66. The zero-order valence-corrected chi connectivity index (χ0v) is 15.6. The number of hydrogen-bond donors (Lipinski definition) is 2. The Balaban J connectivity index is 1.80. The average molecular weight is 363 g/mol. The highest BCUT2D eigenvalue weighted by Crippen LogP contribution is 2.47. The first-order chi connectivity index (χ1) is 11.7. The number of aliphatic hydroxyl groups excluding tert-OH is 1. The van der Waals surface area contributed by atoms with Gasteiger partial charge in [0.2, 0.25) is 5.91 Å². The summed E-state index contributed by atoms with van der Waals surface area (Å²) < 4.78 is 2.10. The number of thioether (sulfide) groups is 1. The van der Waals surface area contributed by atoms with Gasteiger partial charge in [-0.3, -0.25) is 4.79 Å². The number of carboxylic acid groups (broad SMARTS) is 1. The van der Waals surface area contributed by atoms with Crippen LogP contribution in [0.1, 0.15) is 30.3 Å². The summed E-state index contributed by atoms with van der Waals surface area (Å²) in [5.74, 6) is -1.20. The Morgan fingerprint density at radius 1 is 1.40 bits per heavy atom. The third-order valence-corrected chi connectivity index (χ3v) is 6.34. The van der Waals surface area contributed by atoms with E-state index in [9.17, 15) is 19.8 Å². The Morgan fingerprint density at radius 2 is 2.00 bits per heavy atom. The highest BCUT2D eigenvalue weighted by atomic mass is 32.2. The summed E-state index contributed by atoms with van der Waals surface area (Å²) >= 11 is 1.47. The molecule has 0 bridgehead atoms. The third kappa shape index (κ3) is 2.95. The number of hydrogen-bond acceptors (Lipinski definition) is 4. The number of carbonyl (C=O) groups excluding carboxylic acids is 1. The van der Waals surface area contributed by atoms with Gasteiger partial charge in [-0.15, -0.1) is 11.8 Å². The van der Waals surface area contributed by atoms with Gasteiger partial charge in [-0.25, -0.2) is 9.36 Å². The molecule has 2 N–H and O–H groups in total. The van der Waals surface area contributed by atoms with Crippen LogP contribution in [0, 0.1) is 19.8 Å². The van der Waals surface area contributed by atoms with E-state index in [0.29, 0.717) is 12.2 Å². The lowest BCUT2D eigenvalue weighted by Crippen LogP contribution is -2.61. The van der Waals surface area contributed by atoms with E-state index < -0.39 is 18.0 Å². The van der Waals surface area contributed by atoms with Crippen LogP contribution in [0.5, 0.6) is 0 Å². The fourth-order valence-corrected chi connectivity index (χ4v) is 4.78. The molecular weight excluding hydrogens is 340 g/mol. The molecule has 0 aromatic carbocycles. The molecule has 3 heterocycles. The molecule has 25 heavy (non-hydrogen) atoms. The molecule has 3 rings (SSSR count). The number of pyridine rings is 1. The summed E-state index contributed by atoms with van der Waals surface area (Å²) in [6.07, 6.45) is -0.251. The number of aromatic nitrogens is 1. The average Bonchev–Trinajstić information content (AvgIpc) is 2.84. The quantitative estimate of drug-likeness (QED) is 0.608. The lowest BCUT2D eigenvalue weighted by Gasteiger charge is -2.44. The van der Waals surface area contributed by atoms with Gasteiger partial charge >= 0.3 is 5.97 Å². The lowest BCUT2D eigenvalue weighted by molar-refractivity contribution is -0.683. The molecular formula is C18H23N2O4S+. The number of rotatable bonds is 5. The van der Waals surface area contributed by atoms with Crippen molar-refractivity contribution in [3.8, 4) is 0 Å². The van der Waals surface area contributed by atoms with Crippen molar-refractivity contribution >= 4 is 23.6 Å². The van der Waals surface area contributed by atoms with E-state index in [1.54, 1.807) is 6.92 Å². The summed E-state index contributed by atoms with van der Waals surface area (Å²) in [5, 5.41) is 19.3. The molecule has 1 saturated heterocycles. The van der Waals surface area contributed by atoms with Crippen molar-refractivity contribution in [1.82, 2.24) is 4.90 Å². The molecule has 1 fully saturated rings. The maximum absolute atomic E-state index is 12.2. The van der Waals surface area contributed by atoms with Gasteiger partial charge in [0.25, 0.3) is 0 Å². The van der Waals surface area contributed by atoms with E-state index >= 15 is 0 Å². The number of β-lactam (4-membered cyclic amide) rings is 1. The highest BCUT2D eigenvalue weighted by Gasteiger charge is 2.56. The van der Waals surface area contributed by atoms with Crippen molar-refractivity contribution in [3.05, 3.63) is 39.7 Å². The van der Waals surface area contributed by atoms with Crippen LogP contribution in [0.2, 0.25) is 0 Å². The van der Waals surface area contributed by atoms with E-state index in [2.05, 4.69) is 16.7 Å². The molecule has 0 radical (unpaired) electrons. The third-order valence-electron chi connectivity index (χ3n) is 5.15. The molecule has 0 saturated carbocycles. The van der Waals surface area contributed by atoms with Crippen LogP contribution in [0.25, 0.3) is 0 Å². The van der Waals surface area contributed by atoms with Crippen LogP contribution in [-0.2, 0) is 22.4 Å². The Morgan fingerprint density at radius 3 is 2.52 bits per heavy atom. The van der Waals surface area contributed by atoms with Crippen molar-refractivity contribution in [2.24, 2.45) is 13.0 Å². The number of nitrogens with zero attached hydrogens (tertiary/aromatic N) is 2. The molecule has 1 aromatic rings. The molecule has 0 spiro atoms. The maximum Gasteiger partial charge on any atom is 0.353 e. The van der Waals surface area contributed by atoms with Crippen LogP contribution < -0.4 is 4.57 Å². The molecule has 1 aromatic heterocycles. The maximum atomic E-state index is 12.2. The van der Waals surface area contributed by atoms with E-state index in [0.717, 1.165) is 21.9 Å². The number of aryl methyl sites for hydroxylation is 2. The Hall–Kier alpha value is -1.86. The monoisotopic (exact) mass is 363 g/mol. The summed E-state index contributed by atoms with van der Waals surface area (Å²) in [7, 11) is 2.01. The van der Waals surface area contributed by atoms with Crippen LogP contribution >= 0.6 is 11.8 Å².